The molecule has 2 aromatic rings. The van der Waals surface area contributed by atoms with Gasteiger partial charge in [0.1, 0.15) is 0 Å². The summed E-state index contributed by atoms with van der Waals surface area (Å²) in [5.74, 6) is -0.792. The van der Waals surface area contributed by atoms with Crippen LogP contribution in [0.2, 0.25) is 0 Å². The van der Waals surface area contributed by atoms with E-state index in [2.05, 4.69) is 4.74 Å². The molecule has 21 heavy (non-hydrogen) atoms. The van der Waals surface area contributed by atoms with E-state index in [-0.39, 0.29) is 11.1 Å². The Kier molecular flexibility index (Phi) is 4.02. The van der Waals surface area contributed by atoms with Gasteiger partial charge in [0, 0.05) is 0 Å². The standard InChI is InChI=1S/C16H13F3O2/c1-10-8-12(11-6-4-3-5-7-11)13(15(20)21-2)9-14(10)16(17,18)19/h3-9H,1-2H3. The van der Waals surface area contributed by atoms with Gasteiger partial charge in [0.05, 0.1) is 18.2 Å². The zero-order chi connectivity index (χ0) is 15.6. The smallest absolute Gasteiger partial charge is 0.416 e. The fourth-order valence-electron chi connectivity index (χ4n) is 2.15. The number of halogens is 3. The number of hydrogen-bond acceptors (Lipinski definition) is 2. The van der Waals surface area contributed by atoms with E-state index in [0.29, 0.717) is 11.1 Å². The van der Waals surface area contributed by atoms with E-state index in [9.17, 15) is 18.0 Å². The van der Waals surface area contributed by atoms with Crippen LogP contribution in [0.5, 0.6) is 0 Å². The van der Waals surface area contributed by atoms with Crippen molar-refractivity contribution in [1.29, 1.82) is 0 Å². The molecule has 0 N–H and O–H groups in total. The quantitative estimate of drug-likeness (QED) is 0.764. The average molecular weight is 294 g/mol. The number of methoxy groups -OCH3 is 1. The maximum atomic E-state index is 13.0. The molecule has 0 aromatic heterocycles. The van der Waals surface area contributed by atoms with E-state index < -0.39 is 17.7 Å². The minimum atomic E-state index is -4.51. The number of aryl methyl sites for hydroxylation is 1. The summed E-state index contributed by atoms with van der Waals surface area (Å²) in [6, 6.07) is 11.0. The van der Waals surface area contributed by atoms with E-state index in [1.165, 1.54) is 13.0 Å². The highest BCUT2D eigenvalue weighted by molar-refractivity contribution is 5.97. The minimum Gasteiger partial charge on any atom is -0.465 e. The van der Waals surface area contributed by atoms with Crippen LogP contribution < -0.4 is 0 Å². The van der Waals surface area contributed by atoms with Crippen LogP contribution in [0.25, 0.3) is 11.1 Å². The van der Waals surface area contributed by atoms with Crippen molar-refractivity contribution in [2.75, 3.05) is 7.11 Å². The second kappa shape index (κ2) is 5.60. The number of hydrogen-bond donors (Lipinski definition) is 0. The van der Waals surface area contributed by atoms with Gasteiger partial charge in [0.25, 0.3) is 0 Å². The van der Waals surface area contributed by atoms with Crippen LogP contribution in [0.3, 0.4) is 0 Å². The molecule has 5 heteroatoms. The molecule has 0 atom stereocenters. The first-order chi connectivity index (χ1) is 9.84. The summed E-state index contributed by atoms with van der Waals surface area (Å²) in [4.78, 5) is 11.8. The van der Waals surface area contributed by atoms with Crippen molar-refractivity contribution >= 4 is 5.97 Å². The molecular weight excluding hydrogens is 281 g/mol. The fourth-order valence-corrected chi connectivity index (χ4v) is 2.15. The van der Waals surface area contributed by atoms with Gasteiger partial charge in [-0.05, 0) is 35.7 Å². The Bertz CT molecular complexity index is 661. The number of benzene rings is 2. The van der Waals surface area contributed by atoms with Crippen molar-refractivity contribution < 1.29 is 22.7 Å². The molecule has 0 aliphatic carbocycles. The summed E-state index contributed by atoms with van der Waals surface area (Å²) >= 11 is 0. The molecule has 0 unspecified atom stereocenters. The molecule has 2 nitrogen and oxygen atoms in total. The van der Waals surface area contributed by atoms with E-state index in [0.717, 1.165) is 13.2 Å². The second-order valence-corrected chi connectivity index (χ2v) is 4.57. The van der Waals surface area contributed by atoms with Crippen LogP contribution in [-0.4, -0.2) is 13.1 Å². The SMILES string of the molecule is COC(=O)c1cc(C(F)(F)F)c(C)cc1-c1ccccc1. The lowest BCUT2D eigenvalue weighted by atomic mass is 9.94. The summed E-state index contributed by atoms with van der Waals surface area (Å²) < 4.78 is 43.5. The van der Waals surface area contributed by atoms with Crippen LogP contribution in [0.4, 0.5) is 13.2 Å². The lowest BCUT2D eigenvalue weighted by molar-refractivity contribution is -0.138. The van der Waals surface area contributed by atoms with Crippen LogP contribution in [-0.2, 0) is 10.9 Å². The first kappa shape index (κ1) is 15.1. The molecule has 0 saturated heterocycles. The molecule has 0 bridgehead atoms. The third kappa shape index (κ3) is 3.07. The third-order valence-electron chi connectivity index (χ3n) is 3.16. The lowest BCUT2D eigenvalue weighted by Gasteiger charge is -2.15. The highest BCUT2D eigenvalue weighted by Gasteiger charge is 2.34. The van der Waals surface area contributed by atoms with Gasteiger partial charge in [-0.15, -0.1) is 0 Å². The number of carbonyl (C=O) groups excluding carboxylic acids is 1. The molecular formula is C16H13F3O2. The lowest BCUT2D eigenvalue weighted by Crippen LogP contribution is -2.12. The molecule has 0 saturated carbocycles. The maximum Gasteiger partial charge on any atom is 0.416 e. The summed E-state index contributed by atoms with van der Waals surface area (Å²) in [6.45, 7) is 1.37. The zero-order valence-electron chi connectivity index (χ0n) is 11.5. The predicted octanol–water partition coefficient (Wildman–Crippen LogP) is 4.47. The molecule has 0 radical (unpaired) electrons. The summed E-state index contributed by atoms with van der Waals surface area (Å²) in [6.07, 6.45) is -4.51. The zero-order valence-corrected chi connectivity index (χ0v) is 11.5. The fraction of sp³-hybridized carbons (Fsp3) is 0.188. The molecule has 0 aliphatic rings. The van der Waals surface area contributed by atoms with Crippen molar-refractivity contribution in [3.05, 3.63) is 59.2 Å². The number of esters is 1. The highest BCUT2D eigenvalue weighted by Crippen LogP contribution is 2.36. The predicted molar refractivity (Wildman–Crippen MR) is 73.0 cm³/mol. The van der Waals surface area contributed by atoms with Gasteiger partial charge in [-0.25, -0.2) is 4.79 Å². The molecule has 2 aromatic carbocycles. The van der Waals surface area contributed by atoms with E-state index in [1.807, 2.05) is 0 Å². The molecule has 110 valence electrons. The number of alkyl halides is 3. The van der Waals surface area contributed by atoms with Crippen molar-refractivity contribution in [2.24, 2.45) is 0 Å². The number of ether oxygens (including phenoxy) is 1. The Hall–Kier alpha value is -2.30. The molecule has 0 fully saturated rings. The van der Waals surface area contributed by atoms with Crippen molar-refractivity contribution in [3.63, 3.8) is 0 Å². The van der Waals surface area contributed by atoms with E-state index >= 15 is 0 Å². The first-order valence-corrected chi connectivity index (χ1v) is 6.20. The second-order valence-electron chi connectivity index (χ2n) is 4.57. The van der Waals surface area contributed by atoms with Crippen LogP contribution in [0.1, 0.15) is 21.5 Å². The van der Waals surface area contributed by atoms with Crippen molar-refractivity contribution in [3.8, 4) is 11.1 Å². The molecule has 0 spiro atoms. The number of carbonyl (C=O) groups is 1. The van der Waals surface area contributed by atoms with Crippen LogP contribution in [0, 0.1) is 6.92 Å². The minimum absolute atomic E-state index is 0.0639. The Morgan fingerprint density at radius 3 is 2.24 bits per heavy atom. The van der Waals surface area contributed by atoms with Gasteiger partial charge < -0.3 is 4.74 Å². The largest absolute Gasteiger partial charge is 0.465 e. The van der Waals surface area contributed by atoms with E-state index in [1.54, 1.807) is 30.3 Å². The van der Waals surface area contributed by atoms with Gasteiger partial charge >= 0.3 is 12.1 Å². The van der Waals surface area contributed by atoms with Crippen LogP contribution in [0.15, 0.2) is 42.5 Å². The maximum absolute atomic E-state index is 13.0. The number of rotatable bonds is 2. The first-order valence-electron chi connectivity index (χ1n) is 6.20. The summed E-state index contributed by atoms with van der Waals surface area (Å²) in [5.41, 5.74) is 0.223. The normalized spacial score (nSPS) is 11.3. The molecule has 0 heterocycles. The van der Waals surface area contributed by atoms with Gasteiger partial charge in [0.2, 0.25) is 0 Å². The highest BCUT2D eigenvalue weighted by atomic mass is 19.4. The molecule has 0 aliphatic heterocycles. The summed E-state index contributed by atoms with van der Waals surface area (Å²) in [5, 5.41) is 0. The Balaban J connectivity index is 2.71. The van der Waals surface area contributed by atoms with Gasteiger partial charge in [-0.3, -0.25) is 0 Å². The van der Waals surface area contributed by atoms with Gasteiger partial charge in [-0.2, -0.15) is 13.2 Å². The Labute approximate surface area is 120 Å². The Morgan fingerprint density at radius 2 is 1.71 bits per heavy atom. The van der Waals surface area contributed by atoms with Crippen molar-refractivity contribution in [2.45, 2.75) is 13.1 Å². The van der Waals surface area contributed by atoms with E-state index in [4.69, 9.17) is 0 Å². The molecule has 0 amide bonds. The molecule has 2 rings (SSSR count). The third-order valence-corrected chi connectivity index (χ3v) is 3.16. The van der Waals surface area contributed by atoms with Crippen LogP contribution >= 0.6 is 0 Å². The monoisotopic (exact) mass is 294 g/mol. The average Bonchev–Trinajstić information content (AvgIpc) is 2.45. The van der Waals surface area contributed by atoms with Gasteiger partial charge in [-0.1, -0.05) is 30.3 Å². The van der Waals surface area contributed by atoms with Crippen molar-refractivity contribution in [1.82, 2.24) is 0 Å². The topological polar surface area (TPSA) is 26.3 Å². The Morgan fingerprint density at radius 1 is 1.10 bits per heavy atom. The van der Waals surface area contributed by atoms with Gasteiger partial charge in [0.15, 0.2) is 0 Å². The summed E-state index contributed by atoms with van der Waals surface area (Å²) in [7, 11) is 1.14.